The molecular weight excluding hydrogens is 260 g/mol. The van der Waals surface area contributed by atoms with E-state index < -0.39 is 0 Å². The van der Waals surface area contributed by atoms with E-state index in [1.807, 2.05) is 37.3 Å². The second kappa shape index (κ2) is 4.19. The minimum absolute atomic E-state index is 0.270. The van der Waals surface area contributed by atoms with Crippen LogP contribution in [0.25, 0.3) is 32.5 Å². The Hall–Kier alpha value is -2.61. The van der Waals surface area contributed by atoms with Gasteiger partial charge in [-0.25, -0.2) is 4.79 Å². The van der Waals surface area contributed by atoms with Crippen molar-refractivity contribution in [2.45, 2.75) is 13.8 Å². The lowest BCUT2D eigenvalue weighted by Crippen LogP contribution is -2.01. The van der Waals surface area contributed by atoms with Crippen LogP contribution >= 0.6 is 0 Å². The highest BCUT2D eigenvalue weighted by Crippen LogP contribution is 2.32. The van der Waals surface area contributed by atoms with E-state index in [2.05, 4.69) is 25.1 Å². The fraction of sp³-hybridized carbons (Fsp3) is 0.105. The molecule has 0 saturated heterocycles. The molecule has 0 radical (unpaired) electrons. The van der Waals surface area contributed by atoms with Gasteiger partial charge in [-0.05, 0) is 47.9 Å². The Morgan fingerprint density at radius 2 is 1.67 bits per heavy atom. The minimum Gasteiger partial charge on any atom is -0.422 e. The van der Waals surface area contributed by atoms with Crippen LogP contribution in [0.5, 0.6) is 0 Å². The van der Waals surface area contributed by atoms with Crippen LogP contribution < -0.4 is 5.63 Å². The average Bonchev–Trinajstić information content (AvgIpc) is 2.46. The Labute approximate surface area is 121 Å². The van der Waals surface area contributed by atoms with E-state index in [9.17, 15) is 4.79 Å². The first-order valence-electron chi connectivity index (χ1n) is 7.01. The van der Waals surface area contributed by atoms with Crippen molar-refractivity contribution < 1.29 is 4.42 Å². The van der Waals surface area contributed by atoms with Crippen LogP contribution in [0.2, 0.25) is 0 Å². The zero-order chi connectivity index (χ0) is 14.6. The van der Waals surface area contributed by atoms with E-state index in [0.717, 1.165) is 32.7 Å². The summed E-state index contributed by atoms with van der Waals surface area (Å²) in [5, 5.41) is 4.91. The summed E-state index contributed by atoms with van der Waals surface area (Å²) in [6, 6.07) is 16.1. The van der Waals surface area contributed by atoms with Crippen LogP contribution in [0.3, 0.4) is 0 Å². The van der Waals surface area contributed by atoms with Crippen LogP contribution in [-0.2, 0) is 0 Å². The highest BCUT2D eigenvalue weighted by molar-refractivity contribution is 6.19. The van der Waals surface area contributed by atoms with Crippen LogP contribution in [0.1, 0.15) is 11.1 Å². The lowest BCUT2D eigenvalue weighted by molar-refractivity contribution is 0.569. The smallest absolute Gasteiger partial charge is 0.344 e. The van der Waals surface area contributed by atoms with Gasteiger partial charge >= 0.3 is 5.63 Å². The predicted molar refractivity (Wildman–Crippen MR) is 87.0 cm³/mol. The van der Waals surface area contributed by atoms with Gasteiger partial charge in [-0.15, -0.1) is 0 Å². The second-order valence-electron chi connectivity index (χ2n) is 5.55. The molecule has 1 heterocycles. The van der Waals surface area contributed by atoms with Gasteiger partial charge in [0, 0.05) is 10.8 Å². The molecule has 4 rings (SSSR count). The third kappa shape index (κ3) is 1.69. The second-order valence-corrected chi connectivity index (χ2v) is 5.55. The van der Waals surface area contributed by atoms with Crippen molar-refractivity contribution in [3.63, 3.8) is 0 Å². The summed E-state index contributed by atoms with van der Waals surface area (Å²) in [4.78, 5) is 12.3. The molecule has 21 heavy (non-hydrogen) atoms. The van der Waals surface area contributed by atoms with Crippen molar-refractivity contribution >= 4 is 32.5 Å². The van der Waals surface area contributed by atoms with Gasteiger partial charge in [0.1, 0.15) is 5.58 Å². The summed E-state index contributed by atoms with van der Waals surface area (Å²) in [5.74, 6) is 0. The first-order valence-corrected chi connectivity index (χ1v) is 7.01. The number of fused-ring (bicyclic) bond motifs is 5. The molecule has 0 unspecified atom stereocenters. The van der Waals surface area contributed by atoms with Crippen LogP contribution in [0.15, 0.2) is 57.7 Å². The molecule has 0 spiro atoms. The molecule has 0 aliphatic heterocycles. The predicted octanol–water partition coefficient (Wildman–Crippen LogP) is 4.72. The molecule has 2 nitrogen and oxygen atoms in total. The van der Waals surface area contributed by atoms with Crippen molar-refractivity contribution in [3.05, 3.63) is 70.1 Å². The van der Waals surface area contributed by atoms with Crippen LogP contribution in [-0.4, -0.2) is 0 Å². The van der Waals surface area contributed by atoms with Crippen molar-refractivity contribution in [2.75, 3.05) is 0 Å². The molecular formula is C19H14O2. The molecule has 0 fully saturated rings. The highest BCUT2D eigenvalue weighted by Gasteiger charge is 2.12. The normalized spacial score (nSPS) is 11.5. The Balaban J connectivity index is 2.43. The summed E-state index contributed by atoms with van der Waals surface area (Å²) in [6.45, 7) is 4.08. The van der Waals surface area contributed by atoms with Gasteiger partial charge in [-0.1, -0.05) is 36.4 Å². The lowest BCUT2D eigenvalue weighted by atomic mass is 9.97. The van der Waals surface area contributed by atoms with Gasteiger partial charge in [-0.3, -0.25) is 0 Å². The molecule has 102 valence electrons. The third-order valence-electron chi connectivity index (χ3n) is 4.05. The maximum Gasteiger partial charge on any atom is 0.344 e. The summed E-state index contributed by atoms with van der Waals surface area (Å²) >= 11 is 0. The zero-order valence-corrected chi connectivity index (χ0v) is 11.9. The Bertz CT molecular complexity index is 1070. The first-order chi connectivity index (χ1) is 10.1. The summed E-state index contributed by atoms with van der Waals surface area (Å²) in [5.41, 5.74) is 2.63. The van der Waals surface area contributed by atoms with Gasteiger partial charge in [-0.2, -0.15) is 0 Å². The molecule has 0 amide bonds. The highest BCUT2D eigenvalue weighted by atomic mass is 16.4. The van der Waals surface area contributed by atoms with E-state index in [1.54, 1.807) is 0 Å². The standard InChI is InChI=1S/C19H14O2/c1-11-9-12(2)17-16(10-11)21-19(20)15-8-7-13-5-3-4-6-14(13)18(15)17/h3-10H,1-2H3. The SMILES string of the molecule is Cc1cc(C)c2c(c1)oc(=O)c1ccc3ccccc3c12. The van der Waals surface area contributed by atoms with Gasteiger partial charge in [0.05, 0.1) is 5.39 Å². The van der Waals surface area contributed by atoms with Crippen LogP contribution in [0.4, 0.5) is 0 Å². The third-order valence-corrected chi connectivity index (χ3v) is 4.05. The van der Waals surface area contributed by atoms with E-state index in [1.165, 1.54) is 0 Å². The number of benzene rings is 3. The monoisotopic (exact) mass is 274 g/mol. The number of rotatable bonds is 0. The van der Waals surface area contributed by atoms with Crippen molar-refractivity contribution in [3.8, 4) is 0 Å². The summed E-state index contributed by atoms with van der Waals surface area (Å²) in [6.07, 6.45) is 0. The zero-order valence-electron chi connectivity index (χ0n) is 11.9. The van der Waals surface area contributed by atoms with Crippen LogP contribution in [0, 0.1) is 13.8 Å². The van der Waals surface area contributed by atoms with Gasteiger partial charge < -0.3 is 4.42 Å². The van der Waals surface area contributed by atoms with Gasteiger partial charge in [0.25, 0.3) is 0 Å². The largest absolute Gasteiger partial charge is 0.422 e. The summed E-state index contributed by atoms with van der Waals surface area (Å²) < 4.78 is 5.53. The Kier molecular flexibility index (Phi) is 2.43. The number of aryl methyl sites for hydroxylation is 2. The fourth-order valence-electron chi connectivity index (χ4n) is 3.20. The Morgan fingerprint density at radius 1 is 0.857 bits per heavy atom. The van der Waals surface area contributed by atoms with E-state index >= 15 is 0 Å². The maximum absolute atomic E-state index is 12.3. The first kappa shape index (κ1) is 12.2. The summed E-state index contributed by atoms with van der Waals surface area (Å²) in [7, 11) is 0. The molecule has 4 aromatic rings. The number of hydrogen-bond acceptors (Lipinski definition) is 2. The number of hydrogen-bond donors (Lipinski definition) is 0. The Morgan fingerprint density at radius 3 is 2.52 bits per heavy atom. The van der Waals surface area contributed by atoms with Crippen molar-refractivity contribution in [1.29, 1.82) is 0 Å². The molecule has 3 aromatic carbocycles. The topological polar surface area (TPSA) is 30.2 Å². The quantitative estimate of drug-likeness (QED) is 0.343. The molecule has 0 aliphatic rings. The average molecular weight is 274 g/mol. The fourth-order valence-corrected chi connectivity index (χ4v) is 3.20. The molecule has 0 bridgehead atoms. The minimum atomic E-state index is -0.270. The van der Waals surface area contributed by atoms with Gasteiger partial charge in [0.15, 0.2) is 0 Å². The van der Waals surface area contributed by atoms with E-state index in [0.29, 0.717) is 11.0 Å². The lowest BCUT2D eigenvalue weighted by Gasteiger charge is -2.09. The van der Waals surface area contributed by atoms with E-state index in [-0.39, 0.29) is 5.63 Å². The molecule has 0 N–H and O–H groups in total. The molecule has 0 aliphatic carbocycles. The van der Waals surface area contributed by atoms with Crippen molar-refractivity contribution in [2.24, 2.45) is 0 Å². The van der Waals surface area contributed by atoms with E-state index in [4.69, 9.17) is 4.42 Å². The molecule has 1 aromatic heterocycles. The van der Waals surface area contributed by atoms with Crippen molar-refractivity contribution in [1.82, 2.24) is 0 Å². The molecule has 0 atom stereocenters. The van der Waals surface area contributed by atoms with Gasteiger partial charge in [0.2, 0.25) is 0 Å². The molecule has 2 heteroatoms. The maximum atomic E-state index is 12.3. The molecule has 0 saturated carbocycles.